The highest BCUT2D eigenvalue weighted by Gasteiger charge is 2.19. The summed E-state index contributed by atoms with van der Waals surface area (Å²) < 4.78 is 16.9. The number of rotatable bonds is 59. The van der Waals surface area contributed by atoms with Crippen LogP contribution < -0.4 is 0 Å². The van der Waals surface area contributed by atoms with Gasteiger partial charge in [0.25, 0.3) is 0 Å². The van der Waals surface area contributed by atoms with E-state index in [9.17, 15) is 14.4 Å². The first kappa shape index (κ1) is 68.2. The summed E-state index contributed by atoms with van der Waals surface area (Å²) in [5.41, 5.74) is 0. The second-order valence-corrected chi connectivity index (χ2v) is 21.7. The molecular formula is C64H122O6. The minimum absolute atomic E-state index is 0.0665. The molecule has 1 unspecified atom stereocenters. The zero-order chi connectivity index (χ0) is 50.7. The van der Waals surface area contributed by atoms with E-state index in [1.165, 1.54) is 257 Å². The van der Waals surface area contributed by atoms with E-state index in [4.69, 9.17) is 14.2 Å². The van der Waals surface area contributed by atoms with Crippen LogP contribution in [0.25, 0.3) is 0 Å². The van der Waals surface area contributed by atoms with Crippen LogP contribution in [-0.2, 0) is 28.6 Å². The largest absolute Gasteiger partial charge is 0.462 e. The van der Waals surface area contributed by atoms with Crippen molar-refractivity contribution in [2.45, 2.75) is 367 Å². The van der Waals surface area contributed by atoms with Gasteiger partial charge in [0.2, 0.25) is 0 Å². The molecule has 0 amide bonds. The van der Waals surface area contributed by atoms with Gasteiger partial charge < -0.3 is 14.2 Å². The van der Waals surface area contributed by atoms with Crippen molar-refractivity contribution >= 4 is 17.9 Å². The van der Waals surface area contributed by atoms with Crippen LogP contribution in [0.4, 0.5) is 0 Å². The van der Waals surface area contributed by atoms with Crippen LogP contribution in [-0.4, -0.2) is 37.2 Å². The van der Waals surface area contributed by atoms with Crippen molar-refractivity contribution in [3.63, 3.8) is 0 Å². The summed E-state index contributed by atoms with van der Waals surface area (Å²) in [4.78, 5) is 38.1. The predicted octanol–water partition coefficient (Wildman–Crippen LogP) is 21.3. The van der Waals surface area contributed by atoms with Crippen LogP contribution in [0.3, 0.4) is 0 Å². The van der Waals surface area contributed by atoms with Crippen LogP contribution in [0.15, 0.2) is 12.2 Å². The number of ether oxygens (including phenoxy) is 3. The molecule has 1 atom stereocenters. The standard InChI is InChI=1S/C64H122O6/c1-4-7-10-13-16-19-22-25-26-27-28-29-30-31-32-33-34-35-36-37-38-40-42-45-48-51-54-57-63(66)69-60-61(59-68-62(65)56-53-50-47-44-41-24-21-18-15-12-9-6-3)70-64(67)58-55-52-49-46-43-39-23-20-17-14-11-8-5-2/h18,21,61H,4-17,19-20,22-60H2,1-3H3/b21-18-. The lowest BCUT2D eigenvalue weighted by molar-refractivity contribution is -0.167. The van der Waals surface area contributed by atoms with Gasteiger partial charge in [0.15, 0.2) is 6.10 Å². The molecule has 0 radical (unpaired) electrons. The first-order valence-electron chi connectivity index (χ1n) is 31.7. The van der Waals surface area contributed by atoms with Crippen molar-refractivity contribution < 1.29 is 28.6 Å². The Morgan fingerprint density at radius 3 is 0.743 bits per heavy atom. The second-order valence-electron chi connectivity index (χ2n) is 21.7. The molecule has 0 aliphatic rings. The van der Waals surface area contributed by atoms with E-state index in [1.807, 2.05) is 0 Å². The molecule has 0 N–H and O–H groups in total. The molecule has 0 rings (SSSR count). The molecule has 0 heterocycles. The third-order valence-corrected chi connectivity index (χ3v) is 14.5. The van der Waals surface area contributed by atoms with Crippen molar-refractivity contribution in [1.82, 2.24) is 0 Å². The molecule has 0 saturated carbocycles. The van der Waals surface area contributed by atoms with E-state index in [1.54, 1.807) is 0 Å². The Labute approximate surface area is 437 Å². The van der Waals surface area contributed by atoms with Gasteiger partial charge in [0.05, 0.1) is 0 Å². The second kappa shape index (κ2) is 59.7. The fourth-order valence-corrected chi connectivity index (χ4v) is 9.74. The molecule has 0 fully saturated rings. The average Bonchev–Trinajstić information content (AvgIpc) is 3.36. The van der Waals surface area contributed by atoms with Gasteiger partial charge in [0.1, 0.15) is 13.2 Å². The van der Waals surface area contributed by atoms with E-state index in [0.29, 0.717) is 19.3 Å². The molecular weight excluding hydrogens is 865 g/mol. The van der Waals surface area contributed by atoms with Crippen LogP contribution in [0, 0.1) is 0 Å². The highest BCUT2D eigenvalue weighted by atomic mass is 16.6. The SMILES string of the molecule is CCCCC/C=C\CCCCCCCC(=O)OCC(COC(=O)CCCCCCCCCCCCCCCCCCCCCCCCCCCCC)OC(=O)CCCCCCCCCCCCCCC. The third-order valence-electron chi connectivity index (χ3n) is 14.5. The molecule has 0 spiro atoms. The molecule has 70 heavy (non-hydrogen) atoms. The predicted molar refractivity (Wildman–Crippen MR) is 303 cm³/mol. The third kappa shape index (κ3) is 57.1. The van der Waals surface area contributed by atoms with Gasteiger partial charge in [-0.1, -0.05) is 309 Å². The lowest BCUT2D eigenvalue weighted by Crippen LogP contribution is -2.30. The maximum atomic E-state index is 12.8. The normalized spacial score (nSPS) is 12.0. The van der Waals surface area contributed by atoms with Crippen molar-refractivity contribution in [3.8, 4) is 0 Å². The molecule has 0 saturated heterocycles. The van der Waals surface area contributed by atoms with Crippen LogP contribution in [0.1, 0.15) is 361 Å². The van der Waals surface area contributed by atoms with E-state index < -0.39 is 6.10 Å². The number of carbonyl (C=O) groups excluding carboxylic acids is 3. The number of allylic oxidation sites excluding steroid dienone is 2. The summed E-state index contributed by atoms with van der Waals surface area (Å²) in [6, 6.07) is 0. The number of esters is 3. The summed E-state index contributed by atoms with van der Waals surface area (Å²) in [5.74, 6) is -0.850. The number of carbonyl (C=O) groups is 3. The van der Waals surface area contributed by atoms with Crippen LogP contribution in [0.5, 0.6) is 0 Å². The fraction of sp³-hybridized carbons (Fsp3) is 0.922. The summed E-state index contributed by atoms with van der Waals surface area (Å²) >= 11 is 0. The van der Waals surface area contributed by atoms with Gasteiger partial charge >= 0.3 is 17.9 Å². The van der Waals surface area contributed by atoms with Crippen LogP contribution in [0.2, 0.25) is 0 Å². The molecule has 6 heteroatoms. The number of unbranched alkanes of at least 4 members (excludes halogenated alkanes) is 46. The number of hydrogen-bond acceptors (Lipinski definition) is 6. The smallest absolute Gasteiger partial charge is 0.306 e. The van der Waals surface area contributed by atoms with E-state index in [0.717, 1.165) is 64.2 Å². The topological polar surface area (TPSA) is 78.9 Å². The summed E-state index contributed by atoms with van der Waals surface area (Å²) in [7, 11) is 0. The van der Waals surface area contributed by atoms with Gasteiger partial charge in [-0.2, -0.15) is 0 Å². The zero-order valence-electron chi connectivity index (χ0n) is 47.6. The average molecular weight is 988 g/mol. The summed E-state index contributed by atoms with van der Waals surface area (Å²) in [5, 5.41) is 0. The minimum Gasteiger partial charge on any atom is -0.462 e. The Balaban J connectivity index is 4.11. The summed E-state index contributed by atoms with van der Waals surface area (Å²) in [6.45, 7) is 6.67. The lowest BCUT2D eigenvalue weighted by Gasteiger charge is -2.18. The highest BCUT2D eigenvalue weighted by molar-refractivity contribution is 5.71. The minimum atomic E-state index is -0.767. The Hall–Kier alpha value is -1.85. The van der Waals surface area contributed by atoms with Gasteiger partial charge in [-0.3, -0.25) is 14.4 Å². The molecule has 0 aromatic heterocycles. The Morgan fingerprint density at radius 2 is 0.471 bits per heavy atom. The van der Waals surface area contributed by atoms with Crippen molar-refractivity contribution in [1.29, 1.82) is 0 Å². The van der Waals surface area contributed by atoms with Crippen molar-refractivity contribution in [3.05, 3.63) is 12.2 Å². The van der Waals surface area contributed by atoms with Gasteiger partial charge in [-0.15, -0.1) is 0 Å². The maximum absolute atomic E-state index is 12.8. The molecule has 0 aliphatic carbocycles. The zero-order valence-corrected chi connectivity index (χ0v) is 47.6. The Morgan fingerprint density at radius 1 is 0.271 bits per heavy atom. The van der Waals surface area contributed by atoms with Gasteiger partial charge in [0, 0.05) is 19.3 Å². The maximum Gasteiger partial charge on any atom is 0.306 e. The molecule has 0 aliphatic heterocycles. The quantitative estimate of drug-likeness (QED) is 0.0261. The monoisotopic (exact) mass is 987 g/mol. The molecule has 414 valence electrons. The van der Waals surface area contributed by atoms with Crippen molar-refractivity contribution in [2.24, 2.45) is 0 Å². The molecule has 0 bridgehead atoms. The molecule has 6 nitrogen and oxygen atoms in total. The van der Waals surface area contributed by atoms with Crippen molar-refractivity contribution in [2.75, 3.05) is 13.2 Å². The lowest BCUT2D eigenvalue weighted by atomic mass is 10.0. The van der Waals surface area contributed by atoms with Gasteiger partial charge in [-0.05, 0) is 44.9 Å². The number of hydrogen-bond donors (Lipinski definition) is 0. The Kier molecular flexibility index (Phi) is 58.1. The van der Waals surface area contributed by atoms with E-state index in [-0.39, 0.29) is 31.1 Å². The summed E-state index contributed by atoms with van der Waals surface area (Å²) in [6.07, 6.45) is 69.5. The first-order valence-corrected chi connectivity index (χ1v) is 31.7. The van der Waals surface area contributed by atoms with Gasteiger partial charge in [-0.25, -0.2) is 0 Å². The first-order chi connectivity index (χ1) is 34.5. The van der Waals surface area contributed by atoms with Crippen LogP contribution >= 0.6 is 0 Å². The fourth-order valence-electron chi connectivity index (χ4n) is 9.74. The van der Waals surface area contributed by atoms with E-state index >= 15 is 0 Å². The molecule has 0 aromatic carbocycles. The Bertz CT molecular complexity index is 1090. The highest BCUT2D eigenvalue weighted by Crippen LogP contribution is 2.18. The molecule has 0 aromatic rings. The van der Waals surface area contributed by atoms with E-state index in [2.05, 4.69) is 32.9 Å².